The minimum Gasteiger partial charge on any atom is -0.314 e. The third-order valence-corrected chi connectivity index (χ3v) is 3.21. The first-order valence-corrected chi connectivity index (χ1v) is 4.72. The van der Waals surface area contributed by atoms with Crippen LogP contribution in [-0.2, 0) is 0 Å². The standard InChI is InChI=1S/C9H16FN/c10-9-6-11-5-4-8(9)7-2-1-3-7/h7-9,11H,1-6H2/t8-,9-/m0/s1. The van der Waals surface area contributed by atoms with Crippen LogP contribution in [0.2, 0.25) is 0 Å². The van der Waals surface area contributed by atoms with Gasteiger partial charge < -0.3 is 5.32 Å². The van der Waals surface area contributed by atoms with Crippen LogP contribution in [0.25, 0.3) is 0 Å². The summed E-state index contributed by atoms with van der Waals surface area (Å²) in [4.78, 5) is 0. The van der Waals surface area contributed by atoms with E-state index in [2.05, 4.69) is 5.32 Å². The minimum atomic E-state index is -0.561. The first kappa shape index (κ1) is 7.53. The summed E-state index contributed by atoms with van der Waals surface area (Å²) in [5.41, 5.74) is 0. The topological polar surface area (TPSA) is 12.0 Å². The third-order valence-electron chi connectivity index (χ3n) is 3.21. The molecular formula is C9H16FN. The van der Waals surface area contributed by atoms with Gasteiger partial charge in [-0.15, -0.1) is 0 Å². The highest BCUT2D eigenvalue weighted by atomic mass is 19.1. The molecule has 11 heavy (non-hydrogen) atoms. The summed E-state index contributed by atoms with van der Waals surface area (Å²) in [6.07, 6.45) is 4.40. The Balaban J connectivity index is 1.88. The molecule has 1 heterocycles. The highest BCUT2D eigenvalue weighted by Crippen LogP contribution is 2.38. The molecule has 1 N–H and O–H groups in total. The van der Waals surface area contributed by atoms with Crippen LogP contribution < -0.4 is 5.32 Å². The lowest BCUT2D eigenvalue weighted by Gasteiger charge is -2.38. The van der Waals surface area contributed by atoms with E-state index < -0.39 is 6.17 Å². The van der Waals surface area contributed by atoms with E-state index in [1.54, 1.807) is 0 Å². The Kier molecular flexibility index (Phi) is 2.12. The SMILES string of the molecule is F[C@H]1CNCC[C@H]1C1CCC1. The molecule has 0 aromatic heterocycles. The van der Waals surface area contributed by atoms with Crippen molar-refractivity contribution in [1.82, 2.24) is 5.32 Å². The molecule has 1 saturated heterocycles. The fourth-order valence-electron chi connectivity index (χ4n) is 2.24. The maximum atomic E-state index is 13.3. The molecule has 0 aromatic carbocycles. The van der Waals surface area contributed by atoms with Gasteiger partial charge in [-0.1, -0.05) is 19.3 Å². The molecule has 0 radical (unpaired) electrons. The van der Waals surface area contributed by atoms with E-state index in [9.17, 15) is 4.39 Å². The van der Waals surface area contributed by atoms with Gasteiger partial charge in [-0.25, -0.2) is 4.39 Å². The molecule has 1 aliphatic heterocycles. The number of piperidine rings is 1. The number of rotatable bonds is 1. The number of hydrogen-bond acceptors (Lipinski definition) is 1. The normalized spacial score (nSPS) is 40.1. The number of nitrogens with one attached hydrogen (secondary N) is 1. The average molecular weight is 157 g/mol. The Labute approximate surface area is 67.4 Å². The van der Waals surface area contributed by atoms with Crippen molar-refractivity contribution in [3.63, 3.8) is 0 Å². The molecule has 2 atom stereocenters. The van der Waals surface area contributed by atoms with Crippen LogP contribution in [0.3, 0.4) is 0 Å². The number of alkyl halides is 1. The summed E-state index contributed by atoms with van der Waals surface area (Å²) in [5, 5.41) is 3.09. The zero-order chi connectivity index (χ0) is 7.68. The Hall–Kier alpha value is -0.110. The van der Waals surface area contributed by atoms with Crippen LogP contribution >= 0.6 is 0 Å². The predicted molar refractivity (Wildman–Crippen MR) is 43.2 cm³/mol. The molecule has 2 rings (SSSR count). The van der Waals surface area contributed by atoms with Crippen molar-refractivity contribution in [1.29, 1.82) is 0 Å². The maximum absolute atomic E-state index is 13.3. The zero-order valence-electron chi connectivity index (χ0n) is 6.85. The fraction of sp³-hybridized carbons (Fsp3) is 1.00. The average Bonchev–Trinajstić information content (AvgIpc) is 1.90. The van der Waals surface area contributed by atoms with Crippen molar-refractivity contribution in [3.05, 3.63) is 0 Å². The van der Waals surface area contributed by atoms with Gasteiger partial charge >= 0.3 is 0 Å². The molecule has 0 amide bonds. The van der Waals surface area contributed by atoms with Gasteiger partial charge in [0.1, 0.15) is 6.17 Å². The Morgan fingerprint density at radius 3 is 2.55 bits per heavy atom. The van der Waals surface area contributed by atoms with Crippen LogP contribution in [0.1, 0.15) is 25.7 Å². The number of hydrogen-bond donors (Lipinski definition) is 1. The molecule has 0 aromatic rings. The van der Waals surface area contributed by atoms with Gasteiger partial charge in [0, 0.05) is 6.54 Å². The van der Waals surface area contributed by atoms with E-state index in [-0.39, 0.29) is 0 Å². The lowest BCUT2D eigenvalue weighted by Crippen LogP contribution is -2.42. The highest BCUT2D eigenvalue weighted by molar-refractivity contribution is 4.86. The van der Waals surface area contributed by atoms with Crippen LogP contribution in [0, 0.1) is 11.8 Å². The highest BCUT2D eigenvalue weighted by Gasteiger charge is 2.34. The van der Waals surface area contributed by atoms with Crippen LogP contribution in [-0.4, -0.2) is 19.3 Å². The van der Waals surface area contributed by atoms with E-state index in [4.69, 9.17) is 0 Å². The van der Waals surface area contributed by atoms with Crippen molar-refractivity contribution in [2.45, 2.75) is 31.9 Å². The molecule has 2 aliphatic rings. The van der Waals surface area contributed by atoms with Gasteiger partial charge in [0.2, 0.25) is 0 Å². The van der Waals surface area contributed by atoms with Crippen LogP contribution in [0.15, 0.2) is 0 Å². The molecule has 1 aliphatic carbocycles. The van der Waals surface area contributed by atoms with Gasteiger partial charge in [0.05, 0.1) is 0 Å². The van der Waals surface area contributed by atoms with Gasteiger partial charge in [0.15, 0.2) is 0 Å². The second kappa shape index (κ2) is 3.10. The summed E-state index contributed by atoms with van der Waals surface area (Å²) in [6, 6.07) is 0. The summed E-state index contributed by atoms with van der Waals surface area (Å²) in [6.45, 7) is 1.63. The molecule has 0 spiro atoms. The largest absolute Gasteiger partial charge is 0.314 e. The number of halogens is 1. The fourth-order valence-corrected chi connectivity index (χ4v) is 2.24. The minimum absolute atomic E-state index is 0.394. The molecule has 0 unspecified atom stereocenters. The van der Waals surface area contributed by atoms with E-state index in [0.29, 0.717) is 12.5 Å². The predicted octanol–water partition coefficient (Wildman–Crippen LogP) is 1.73. The van der Waals surface area contributed by atoms with E-state index in [1.165, 1.54) is 19.3 Å². The monoisotopic (exact) mass is 157 g/mol. The Morgan fingerprint density at radius 2 is 2.00 bits per heavy atom. The Morgan fingerprint density at radius 1 is 1.18 bits per heavy atom. The smallest absolute Gasteiger partial charge is 0.116 e. The first-order chi connectivity index (χ1) is 5.38. The zero-order valence-corrected chi connectivity index (χ0v) is 6.85. The molecule has 0 bridgehead atoms. The molecule has 64 valence electrons. The van der Waals surface area contributed by atoms with Crippen molar-refractivity contribution >= 4 is 0 Å². The lowest BCUT2D eigenvalue weighted by molar-refractivity contribution is 0.0816. The van der Waals surface area contributed by atoms with Gasteiger partial charge in [-0.2, -0.15) is 0 Å². The van der Waals surface area contributed by atoms with Gasteiger partial charge in [-0.05, 0) is 24.8 Å². The second-order valence-electron chi connectivity index (χ2n) is 3.86. The van der Waals surface area contributed by atoms with Crippen LogP contribution in [0.5, 0.6) is 0 Å². The van der Waals surface area contributed by atoms with E-state index in [0.717, 1.165) is 18.9 Å². The quantitative estimate of drug-likeness (QED) is 0.611. The summed E-state index contributed by atoms with van der Waals surface area (Å²) in [5.74, 6) is 1.12. The van der Waals surface area contributed by atoms with Gasteiger partial charge in [-0.3, -0.25) is 0 Å². The maximum Gasteiger partial charge on any atom is 0.116 e. The first-order valence-electron chi connectivity index (χ1n) is 4.72. The summed E-state index contributed by atoms with van der Waals surface area (Å²) >= 11 is 0. The molecule has 2 fully saturated rings. The summed E-state index contributed by atoms with van der Waals surface area (Å²) < 4.78 is 13.3. The van der Waals surface area contributed by atoms with Crippen molar-refractivity contribution < 1.29 is 4.39 Å². The van der Waals surface area contributed by atoms with Gasteiger partial charge in [0.25, 0.3) is 0 Å². The van der Waals surface area contributed by atoms with E-state index in [1.807, 2.05) is 0 Å². The summed E-state index contributed by atoms with van der Waals surface area (Å²) in [7, 11) is 0. The lowest BCUT2D eigenvalue weighted by atomic mass is 9.72. The van der Waals surface area contributed by atoms with Crippen molar-refractivity contribution in [3.8, 4) is 0 Å². The van der Waals surface area contributed by atoms with Crippen molar-refractivity contribution in [2.75, 3.05) is 13.1 Å². The molecule has 1 nitrogen and oxygen atoms in total. The molecule has 1 saturated carbocycles. The van der Waals surface area contributed by atoms with Crippen molar-refractivity contribution in [2.24, 2.45) is 11.8 Å². The molecular weight excluding hydrogens is 141 g/mol. The second-order valence-corrected chi connectivity index (χ2v) is 3.86. The third kappa shape index (κ3) is 1.41. The molecule has 2 heteroatoms. The van der Waals surface area contributed by atoms with E-state index >= 15 is 0 Å². The van der Waals surface area contributed by atoms with Crippen LogP contribution in [0.4, 0.5) is 4.39 Å². The Bertz CT molecular complexity index is 132.